The number of aromatic nitrogens is 1. The van der Waals surface area contributed by atoms with E-state index in [1.165, 1.54) is 18.7 Å². The van der Waals surface area contributed by atoms with Gasteiger partial charge in [0.2, 0.25) is 5.91 Å². The number of fused-ring (bicyclic) bond motifs is 3. The zero-order valence-corrected chi connectivity index (χ0v) is 16.6. The Kier molecular flexibility index (Phi) is 5.82. The molecule has 0 bridgehead atoms. The SMILES string of the molecule is CC(C)C(NC(=O)CN1CCc2c([nH]c3ccc(Cl)cc23)C1=O)C(O)C(F)(F)F. The molecule has 6 nitrogen and oxygen atoms in total. The van der Waals surface area contributed by atoms with Gasteiger partial charge < -0.3 is 20.3 Å². The second kappa shape index (κ2) is 7.87. The molecule has 3 N–H and O–H groups in total. The van der Waals surface area contributed by atoms with Crippen LogP contribution in [-0.4, -0.2) is 58.2 Å². The molecule has 0 fully saturated rings. The highest BCUT2D eigenvalue weighted by Gasteiger charge is 2.45. The van der Waals surface area contributed by atoms with Crippen molar-refractivity contribution in [3.05, 3.63) is 34.5 Å². The van der Waals surface area contributed by atoms with Crippen LogP contribution in [0.4, 0.5) is 13.2 Å². The Balaban J connectivity index is 1.73. The van der Waals surface area contributed by atoms with Crippen molar-refractivity contribution < 1.29 is 27.9 Å². The van der Waals surface area contributed by atoms with Crippen LogP contribution in [0.25, 0.3) is 10.9 Å². The minimum absolute atomic E-state index is 0.243. The Bertz CT molecular complexity index is 942. The van der Waals surface area contributed by atoms with E-state index in [9.17, 15) is 27.9 Å². The van der Waals surface area contributed by atoms with Crippen LogP contribution in [0, 0.1) is 5.92 Å². The quantitative estimate of drug-likeness (QED) is 0.680. The lowest BCUT2D eigenvalue weighted by atomic mass is 9.98. The molecule has 1 aliphatic rings. The third-order valence-corrected chi connectivity index (χ3v) is 5.29. The summed E-state index contributed by atoms with van der Waals surface area (Å²) in [6.07, 6.45) is -7.06. The van der Waals surface area contributed by atoms with Crippen LogP contribution in [0.2, 0.25) is 5.02 Å². The number of amides is 2. The van der Waals surface area contributed by atoms with Crippen LogP contribution in [0.3, 0.4) is 0 Å². The first-order chi connectivity index (χ1) is 13.5. The Morgan fingerprint density at radius 3 is 2.69 bits per heavy atom. The topological polar surface area (TPSA) is 85.4 Å². The molecule has 29 heavy (non-hydrogen) atoms. The van der Waals surface area contributed by atoms with Gasteiger partial charge in [0.15, 0.2) is 6.10 Å². The van der Waals surface area contributed by atoms with Crippen molar-refractivity contribution >= 4 is 34.3 Å². The number of hydrogen-bond donors (Lipinski definition) is 3. The summed E-state index contributed by atoms with van der Waals surface area (Å²) in [4.78, 5) is 29.4. The van der Waals surface area contributed by atoms with E-state index in [-0.39, 0.29) is 6.54 Å². The summed E-state index contributed by atoms with van der Waals surface area (Å²) in [5, 5.41) is 13.1. The van der Waals surface area contributed by atoms with E-state index < -0.39 is 42.6 Å². The maximum atomic E-state index is 12.8. The van der Waals surface area contributed by atoms with Crippen molar-refractivity contribution in [3.63, 3.8) is 0 Å². The summed E-state index contributed by atoms with van der Waals surface area (Å²) < 4.78 is 38.5. The average Bonchev–Trinajstić information content (AvgIpc) is 2.99. The number of aliphatic hydroxyl groups excluding tert-OH is 1. The first-order valence-electron chi connectivity index (χ1n) is 9.12. The van der Waals surface area contributed by atoms with E-state index in [1.807, 2.05) is 0 Å². The highest BCUT2D eigenvalue weighted by atomic mass is 35.5. The predicted octanol–water partition coefficient (Wildman–Crippen LogP) is 2.88. The number of halogens is 4. The first-order valence-corrected chi connectivity index (χ1v) is 9.50. The number of carbonyl (C=O) groups is 2. The lowest BCUT2D eigenvalue weighted by Crippen LogP contribution is -2.55. The number of nitrogens with zero attached hydrogens (tertiary/aromatic N) is 1. The third kappa shape index (κ3) is 4.35. The van der Waals surface area contributed by atoms with Gasteiger partial charge in [-0.25, -0.2) is 0 Å². The Labute approximate surface area is 170 Å². The number of H-pyrrole nitrogens is 1. The molecule has 3 rings (SSSR count). The van der Waals surface area contributed by atoms with Gasteiger partial charge >= 0.3 is 6.18 Å². The minimum atomic E-state index is -4.86. The van der Waals surface area contributed by atoms with Gasteiger partial charge in [-0.2, -0.15) is 13.2 Å². The number of aromatic amines is 1. The van der Waals surface area contributed by atoms with Crippen molar-refractivity contribution in [1.29, 1.82) is 0 Å². The van der Waals surface area contributed by atoms with Gasteiger partial charge in [0.1, 0.15) is 5.69 Å². The molecule has 1 aromatic heterocycles. The van der Waals surface area contributed by atoms with Crippen LogP contribution in [0.1, 0.15) is 29.9 Å². The predicted molar refractivity (Wildman–Crippen MR) is 102 cm³/mol. The van der Waals surface area contributed by atoms with E-state index in [4.69, 9.17) is 11.6 Å². The van der Waals surface area contributed by atoms with Crippen molar-refractivity contribution in [1.82, 2.24) is 15.2 Å². The third-order valence-electron chi connectivity index (χ3n) is 5.06. The molecule has 0 saturated carbocycles. The zero-order valence-electron chi connectivity index (χ0n) is 15.8. The number of alkyl halides is 3. The van der Waals surface area contributed by atoms with Crippen LogP contribution in [0.15, 0.2) is 18.2 Å². The number of aliphatic hydroxyl groups is 1. The molecule has 2 atom stereocenters. The smallest absolute Gasteiger partial charge is 0.382 e. The first kappa shape index (κ1) is 21.4. The molecule has 0 saturated heterocycles. The highest BCUT2D eigenvalue weighted by molar-refractivity contribution is 6.31. The molecule has 1 aromatic carbocycles. The maximum absolute atomic E-state index is 12.8. The lowest BCUT2D eigenvalue weighted by Gasteiger charge is -2.31. The molecule has 10 heteroatoms. The maximum Gasteiger partial charge on any atom is 0.416 e. The van der Waals surface area contributed by atoms with Crippen LogP contribution in [-0.2, 0) is 11.2 Å². The molecule has 0 spiro atoms. The van der Waals surface area contributed by atoms with Gasteiger partial charge in [-0.1, -0.05) is 25.4 Å². The minimum Gasteiger partial charge on any atom is -0.382 e. The lowest BCUT2D eigenvalue weighted by molar-refractivity contribution is -0.215. The van der Waals surface area contributed by atoms with E-state index in [0.717, 1.165) is 16.5 Å². The fourth-order valence-electron chi connectivity index (χ4n) is 3.54. The molecule has 1 aliphatic heterocycles. The van der Waals surface area contributed by atoms with Gasteiger partial charge in [0.25, 0.3) is 5.91 Å². The average molecular weight is 432 g/mol. The fraction of sp³-hybridized carbons (Fsp3) is 0.474. The van der Waals surface area contributed by atoms with Gasteiger partial charge in [0, 0.05) is 22.5 Å². The molecule has 0 radical (unpaired) electrons. The van der Waals surface area contributed by atoms with Crippen molar-refractivity contribution in [2.75, 3.05) is 13.1 Å². The number of rotatable bonds is 5. The number of benzene rings is 1. The normalized spacial score (nSPS) is 16.8. The summed E-state index contributed by atoms with van der Waals surface area (Å²) in [5.74, 6) is -1.83. The van der Waals surface area contributed by atoms with Crippen LogP contribution < -0.4 is 5.32 Å². The van der Waals surface area contributed by atoms with E-state index >= 15 is 0 Å². The van der Waals surface area contributed by atoms with Gasteiger partial charge in [0.05, 0.1) is 12.6 Å². The fourth-order valence-corrected chi connectivity index (χ4v) is 3.71. The second-order valence-corrected chi connectivity index (χ2v) is 7.91. The molecule has 2 heterocycles. The number of hydrogen-bond acceptors (Lipinski definition) is 3. The molecule has 158 valence electrons. The Morgan fingerprint density at radius 2 is 2.07 bits per heavy atom. The molecular formula is C19H21ClF3N3O3. The van der Waals surface area contributed by atoms with Crippen LogP contribution in [0.5, 0.6) is 0 Å². The van der Waals surface area contributed by atoms with Crippen LogP contribution >= 0.6 is 11.6 Å². The zero-order chi connectivity index (χ0) is 21.5. The molecule has 0 aliphatic carbocycles. The highest BCUT2D eigenvalue weighted by Crippen LogP contribution is 2.30. The van der Waals surface area contributed by atoms with Gasteiger partial charge in [-0.3, -0.25) is 9.59 Å². The number of carbonyl (C=O) groups excluding carboxylic acids is 2. The summed E-state index contributed by atoms with van der Waals surface area (Å²) in [5.41, 5.74) is 1.89. The van der Waals surface area contributed by atoms with E-state index in [0.29, 0.717) is 17.1 Å². The summed E-state index contributed by atoms with van der Waals surface area (Å²) in [6, 6.07) is 3.70. The Morgan fingerprint density at radius 1 is 1.38 bits per heavy atom. The Hall–Kier alpha value is -2.26. The van der Waals surface area contributed by atoms with Gasteiger partial charge in [-0.15, -0.1) is 0 Å². The number of nitrogens with one attached hydrogen (secondary N) is 2. The summed E-state index contributed by atoms with van der Waals surface area (Å²) in [7, 11) is 0. The van der Waals surface area contributed by atoms with Crippen molar-refractivity contribution in [2.45, 2.75) is 38.6 Å². The largest absolute Gasteiger partial charge is 0.416 e. The van der Waals surface area contributed by atoms with Crippen molar-refractivity contribution in [3.8, 4) is 0 Å². The molecule has 2 amide bonds. The molecule has 2 unspecified atom stereocenters. The molecular weight excluding hydrogens is 411 g/mol. The monoisotopic (exact) mass is 431 g/mol. The summed E-state index contributed by atoms with van der Waals surface area (Å²) in [6.45, 7) is 2.77. The summed E-state index contributed by atoms with van der Waals surface area (Å²) >= 11 is 6.02. The second-order valence-electron chi connectivity index (χ2n) is 7.47. The van der Waals surface area contributed by atoms with Crippen molar-refractivity contribution in [2.24, 2.45) is 5.92 Å². The van der Waals surface area contributed by atoms with E-state index in [2.05, 4.69) is 10.3 Å². The standard InChI is InChI=1S/C19H21ClF3N3O3/c1-9(2)15(17(28)19(21,22)23)25-14(27)8-26-6-5-11-12-7-10(20)3-4-13(12)24-16(11)18(26)29/h3-4,7,9,15,17,24,28H,5-6,8H2,1-2H3,(H,25,27). The van der Waals surface area contributed by atoms with E-state index in [1.54, 1.807) is 18.2 Å². The van der Waals surface area contributed by atoms with Gasteiger partial charge in [-0.05, 0) is 36.1 Å². The molecule has 2 aromatic rings.